The number of thioether (sulfide) groups is 1. The van der Waals surface area contributed by atoms with Crippen LogP contribution in [0.2, 0.25) is 0 Å². The minimum absolute atomic E-state index is 0.107. The maximum absolute atomic E-state index is 13.3. The molecule has 2 unspecified atom stereocenters. The molecule has 1 aromatic rings. The van der Waals surface area contributed by atoms with Gasteiger partial charge in [-0.05, 0) is 53.0 Å². The molecule has 7 nitrogen and oxygen atoms in total. The molecule has 0 spiro atoms. The Morgan fingerprint density at radius 1 is 1.22 bits per heavy atom. The summed E-state index contributed by atoms with van der Waals surface area (Å²) in [6, 6.07) is 8.59. The van der Waals surface area contributed by atoms with Gasteiger partial charge in [-0.15, -0.1) is 0 Å². The number of aryl methyl sites for hydroxylation is 1. The Morgan fingerprint density at radius 2 is 1.91 bits per heavy atom. The van der Waals surface area contributed by atoms with E-state index >= 15 is 0 Å². The number of hydrogen-bond donors (Lipinski definition) is 1. The SMILES string of the molecule is CCOC(=O)[C@H](CCc1ccccc1)NC1CSCC(C)N(CC(=O)OC(C)(C)C)C1=O. The van der Waals surface area contributed by atoms with Crippen molar-refractivity contribution in [3.05, 3.63) is 35.9 Å². The van der Waals surface area contributed by atoms with Crippen LogP contribution < -0.4 is 5.32 Å². The third kappa shape index (κ3) is 8.47. The number of carbonyl (C=O) groups is 3. The van der Waals surface area contributed by atoms with Crippen molar-refractivity contribution >= 4 is 29.6 Å². The summed E-state index contributed by atoms with van der Waals surface area (Å²) >= 11 is 1.63. The molecule has 1 heterocycles. The van der Waals surface area contributed by atoms with Crippen molar-refractivity contribution in [3.8, 4) is 0 Å². The van der Waals surface area contributed by atoms with E-state index in [9.17, 15) is 14.4 Å². The molecule has 1 saturated heterocycles. The van der Waals surface area contributed by atoms with E-state index in [2.05, 4.69) is 5.32 Å². The molecule has 0 aromatic heterocycles. The van der Waals surface area contributed by atoms with Gasteiger partial charge in [-0.3, -0.25) is 19.7 Å². The van der Waals surface area contributed by atoms with E-state index in [0.717, 1.165) is 5.56 Å². The van der Waals surface area contributed by atoms with Crippen LogP contribution in [0.3, 0.4) is 0 Å². The summed E-state index contributed by atoms with van der Waals surface area (Å²) in [4.78, 5) is 39.9. The predicted octanol–water partition coefficient (Wildman–Crippen LogP) is 2.81. The van der Waals surface area contributed by atoms with Crippen molar-refractivity contribution < 1.29 is 23.9 Å². The van der Waals surface area contributed by atoms with Crippen molar-refractivity contribution in [1.29, 1.82) is 0 Å². The lowest BCUT2D eigenvalue weighted by molar-refractivity contribution is -0.160. The van der Waals surface area contributed by atoms with Crippen LogP contribution in [0.25, 0.3) is 0 Å². The topological polar surface area (TPSA) is 84.9 Å². The molecule has 32 heavy (non-hydrogen) atoms. The molecule has 1 aromatic carbocycles. The fraction of sp³-hybridized carbons (Fsp3) is 0.625. The van der Waals surface area contributed by atoms with Gasteiger partial charge in [-0.25, -0.2) is 0 Å². The predicted molar refractivity (Wildman–Crippen MR) is 126 cm³/mol. The molecule has 0 saturated carbocycles. The van der Waals surface area contributed by atoms with E-state index in [1.807, 2.05) is 37.3 Å². The smallest absolute Gasteiger partial charge is 0.326 e. The molecule has 2 rings (SSSR count). The fourth-order valence-electron chi connectivity index (χ4n) is 3.51. The van der Waals surface area contributed by atoms with Crippen LogP contribution in [-0.4, -0.2) is 71.1 Å². The highest BCUT2D eigenvalue weighted by molar-refractivity contribution is 7.99. The second kappa shape index (κ2) is 12.3. The second-order valence-corrected chi connectivity index (χ2v) is 10.1. The molecule has 1 amide bonds. The fourth-order valence-corrected chi connectivity index (χ4v) is 4.64. The number of amides is 1. The highest BCUT2D eigenvalue weighted by Gasteiger charge is 2.36. The largest absolute Gasteiger partial charge is 0.465 e. The number of carbonyl (C=O) groups excluding carboxylic acids is 3. The Bertz CT molecular complexity index is 765. The Kier molecular flexibility index (Phi) is 10.0. The second-order valence-electron chi connectivity index (χ2n) is 8.99. The highest BCUT2D eigenvalue weighted by atomic mass is 32.2. The normalized spacial score (nSPS) is 20.4. The molecule has 8 heteroatoms. The van der Waals surface area contributed by atoms with Crippen LogP contribution in [0.5, 0.6) is 0 Å². The van der Waals surface area contributed by atoms with E-state index in [1.54, 1.807) is 44.4 Å². The van der Waals surface area contributed by atoms with Crippen LogP contribution in [0.1, 0.15) is 46.6 Å². The van der Waals surface area contributed by atoms with E-state index in [-0.39, 0.29) is 31.1 Å². The van der Waals surface area contributed by atoms with E-state index in [4.69, 9.17) is 9.47 Å². The lowest BCUT2D eigenvalue weighted by Crippen LogP contribution is -2.55. The van der Waals surface area contributed by atoms with E-state index in [0.29, 0.717) is 24.3 Å². The van der Waals surface area contributed by atoms with Crippen molar-refractivity contribution in [2.24, 2.45) is 0 Å². The van der Waals surface area contributed by atoms with Gasteiger partial charge in [0.15, 0.2) is 0 Å². The zero-order chi connectivity index (χ0) is 23.7. The quantitative estimate of drug-likeness (QED) is 0.563. The molecule has 1 N–H and O–H groups in total. The number of hydrogen-bond acceptors (Lipinski definition) is 7. The van der Waals surface area contributed by atoms with Crippen LogP contribution in [0.4, 0.5) is 0 Å². The van der Waals surface area contributed by atoms with Gasteiger partial charge in [-0.2, -0.15) is 11.8 Å². The van der Waals surface area contributed by atoms with E-state index < -0.39 is 23.7 Å². The molecular formula is C24H36N2O5S. The standard InChI is InChI=1S/C24H36N2O5S/c1-6-30-23(29)19(13-12-18-10-8-7-9-11-18)25-20-16-32-15-17(2)26(22(20)28)14-21(27)31-24(3,4)5/h7-11,17,19-20,25H,6,12-16H2,1-5H3/t17?,19-,20?/m0/s1. The van der Waals surface area contributed by atoms with Gasteiger partial charge in [0.25, 0.3) is 0 Å². The van der Waals surface area contributed by atoms with Crippen LogP contribution in [-0.2, 0) is 30.3 Å². The summed E-state index contributed by atoms with van der Waals surface area (Å²) < 4.78 is 10.7. The van der Waals surface area contributed by atoms with Crippen LogP contribution in [0, 0.1) is 0 Å². The van der Waals surface area contributed by atoms with Crippen molar-refractivity contribution in [3.63, 3.8) is 0 Å². The first-order chi connectivity index (χ1) is 15.1. The molecule has 3 atom stereocenters. The average molecular weight is 465 g/mol. The number of nitrogens with one attached hydrogen (secondary N) is 1. The molecule has 178 valence electrons. The molecule has 0 radical (unpaired) electrons. The molecule has 1 aliphatic heterocycles. The van der Waals surface area contributed by atoms with Gasteiger partial charge in [0.2, 0.25) is 5.91 Å². The monoisotopic (exact) mass is 464 g/mol. The van der Waals surface area contributed by atoms with Gasteiger partial charge >= 0.3 is 11.9 Å². The molecule has 0 aliphatic carbocycles. The molecular weight excluding hydrogens is 428 g/mol. The van der Waals surface area contributed by atoms with Gasteiger partial charge in [-0.1, -0.05) is 30.3 Å². The Labute approximate surface area is 195 Å². The van der Waals surface area contributed by atoms with Crippen molar-refractivity contribution in [1.82, 2.24) is 10.2 Å². The number of rotatable bonds is 9. The van der Waals surface area contributed by atoms with Crippen LogP contribution >= 0.6 is 11.8 Å². The number of nitrogens with zero attached hydrogens (tertiary/aromatic N) is 1. The van der Waals surface area contributed by atoms with Gasteiger partial charge in [0.05, 0.1) is 12.6 Å². The Morgan fingerprint density at radius 3 is 2.53 bits per heavy atom. The van der Waals surface area contributed by atoms with Gasteiger partial charge in [0, 0.05) is 17.5 Å². The van der Waals surface area contributed by atoms with E-state index in [1.165, 1.54) is 0 Å². The zero-order valence-corrected chi connectivity index (χ0v) is 20.6. The third-order valence-corrected chi connectivity index (χ3v) is 6.30. The lowest BCUT2D eigenvalue weighted by Gasteiger charge is -2.31. The number of benzene rings is 1. The van der Waals surface area contributed by atoms with Crippen molar-refractivity contribution in [2.45, 2.75) is 71.2 Å². The minimum atomic E-state index is -0.617. The average Bonchev–Trinajstić information content (AvgIpc) is 2.84. The van der Waals surface area contributed by atoms with Crippen LogP contribution in [0.15, 0.2) is 30.3 Å². The highest BCUT2D eigenvalue weighted by Crippen LogP contribution is 2.20. The van der Waals surface area contributed by atoms with Gasteiger partial charge in [0.1, 0.15) is 18.2 Å². The third-order valence-electron chi connectivity index (χ3n) is 5.01. The summed E-state index contributed by atoms with van der Waals surface area (Å²) in [5.41, 5.74) is 0.499. The first-order valence-electron chi connectivity index (χ1n) is 11.2. The molecule has 1 fully saturated rings. The summed E-state index contributed by atoms with van der Waals surface area (Å²) in [6.07, 6.45) is 1.20. The maximum atomic E-state index is 13.3. The van der Waals surface area contributed by atoms with Gasteiger partial charge < -0.3 is 14.4 Å². The maximum Gasteiger partial charge on any atom is 0.326 e. The first-order valence-corrected chi connectivity index (χ1v) is 12.3. The Balaban J connectivity index is 2.11. The van der Waals surface area contributed by atoms with Crippen molar-refractivity contribution in [2.75, 3.05) is 24.7 Å². The lowest BCUT2D eigenvalue weighted by atomic mass is 10.0. The minimum Gasteiger partial charge on any atom is -0.465 e. The molecule has 0 bridgehead atoms. The zero-order valence-electron chi connectivity index (χ0n) is 19.8. The Hall–Kier alpha value is -2.06. The summed E-state index contributed by atoms with van der Waals surface area (Å²) in [6.45, 7) is 9.26. The summed E-state index contributed by atoms with van der Waals surface area (Å²) in [5.74, 6) is 0.240. The first kappa shape index (κ1) is 26.2. The number of esters is 2. The number of ether oxygens (including phenoxy) is 2. The molecule has 1 aliphatic rings. The summed E-state index contributed by atoms with van der Waals surface area (Å²) in [5, 5.41) is 3.23. The summed E-state index contributed by atoms with van der Waals surface area (Å²) in [7, 11) is 0.